The lowest BCUT2D eigenvalue weighted by atomic mass is 10.1. The van der Waals surface area contributed by atoms with E-state index in [0.717, 1.165) is 60.1 Å². The zero-order valence-electron chi connectivity index (χ0n) is 17.0. The second-order valence-corrected chi connectivity index (χ2v) is 7.87. The highest BCUT2D eigenvalue weighted by atomic mass is 32.2. The van der Waals surface area contributed by atoms with Gasteiger partial charge in [0.25, 0.3) is 0 Å². The molecular weight excluding hydrogens is 392 g/mol. The van der Waals surface area contributed by atoms with Gasteiger partial charge in [-0.3, -0.25) is 4.79 Å². The number of hydrogen-bond donors (Lipinski definition) is 1. The highest BCUT2D eigenvalue weighted by Crippen LogP contribution is 2.29. The van der Waals surface area contributed by atoms with Crippen molar-refractivity contribution in [2.75, 3.05) is 36.9 Å². The van der Waals surface area contributed by atoms with Crippen molar-refractivity contribution < 1.29 is 14.3 Å². The number of rotatable bonds is 8. The van der Waals surface area contributed by atoms with E-state index >= 15 is 0 Å². The van der Waals surface area contributed by atoms with Crippen molar-refractivity contribution in [1.29, 1.82) is 0 Å². The molecule has 2 aromatic rings. The van der Waals surface area contributed by atoms with E-state index in [0.29, 0.717) is 6.54 Å². The lowest BCUT2D eigenvalue weighted by Crippen LogP contribution is -2.34. The van der Waals surface area contributed by atoms with E-state index < -0.39 is 11.9 Å². The molecule has 0 aromatic carbocycles. The molecule has 0 unspecified atom stereocenters. The quantitative estimate of drug-likeness (QED) is 0.299. The number of fused-ring (bicyclic) bond motifs is 1. The highest BCUT2D eigenvalue weighted by molar-refractivity contribution is 7.99. The minimum absolute atomic E-state index is 0.171. The molecule has 3 rings (SSSR count). The lowest BCUT2D eigenvalue weighted by Gasteiger charge is -2.28. The Kier molecular flexibility index (Phi) is 7.68. The summed E-state index contributed by atoms with van der Waals surface area (Å²) in [4.78, 5) is 35.0. The number of thioether (sulfide) groups is 1. The van der Waals surface area contributed by atoms with Gasteiger partial charge in [0.05, 0.1) is 24.7 Å². The summed E-state index contributed by atoms with van der Waals surface area (Å²) in [6.45, 7) is 6.61. The standard InChI is InChI=1S/C19H28N6O3S/c1-3-12-29-19-22-15(24-9-6-5-7-10-24)14-13-21-25(16(14)23-19)11-8-20-17(26)18(27)28-4-2/h13H,3-12H2,1-2H3,(H,20,26). The van der Waals surface area contributed by atoms with Crippen LogP contribution in [0.2, 0.25) is 0 Å². The van der Waals surface area contributed by atoms with E-state index in [9.17, 15) is 9.59 Å². The monoisotopic (exact) mass is 420 g/mol. The second-order valence-electron chi connectivity index (χ2n) is 6.81. The number of ether oxygens (including phenoxy) is 1. The first-order valence-electron chi connectivity index (χ1n) is 10.2. The third-order valence-electron chi connectivity index (χ3n) is 4.62. The normalized spacial score (nSPS) is 14.2. The molecule has 158 valence electrons. The van der Waals surface area contributed by atoms with Crippen LogP contribution in [0.3, 0.4) is 0 Å². The zero-order chi connectivity index (χ0) is 20.6. The van der Waals surface area contributed by atoms with E-state index in [4.69, 9.17) is 14.7 Å². The number of carbonyl (C=O) groups is 2. The lowest BCUT2D eigenvalue weighted by molar-refractivity contribution is -0.154. The molecule has 1 amide bonds. The molecule has 0 atom stereocenters. The Balaban J connectivity index is 1.79. The summed E-state index contributed by atoms with van der Waals surface area (Å²) in [5.74, 6) is 0.279. The van der Waals surface area contributed by atoms with Gasteiger partial charge in [0.2, 0.25) is 0 Å². The number of nitrogens with one attached hydrogen (secondary N) is 1. The Bertz CT molecular complexity index is 850. The fourth-order valence-electron chi connectivity index (χ4n) is 3.23. The van der Waals surface area contributed by atoms with Crippen LogP contribution >= 0.6 is 11.8 Å². The molecule has 29 heavy (non-hydrogen) atoms. The number of piperidine rings is 1. The van der Waals surface area contributed by atoms with Gasteiger partial charge in [0.1, 0.15) is 5.82 Å². The van der Waals surface area contributed by atoms with Crippen molar-refractivity contribution in [3.8, 4) is 0 Å². The van der Waals surface area contributed by atoms with E-state index in [1.54, 1.807) is 29.6 Å². The van der Waals surface area contributed by atoms with Crippen LogP contribution < -0.4 is 10.2 Å². The molecule has 2 aromatic heterocycles. The Morgan fingerprint density at radius 3 is 2.72 bits per heavy atom. The number of amides is 1. The molecule has 10 heteroatoms. The van der Waals surface area contributed by atoms with Crippen molar-refractivity contribution in [2.45, 2.75) is 51.2 Å². The van der Waals surface area contributed by atoms with Crippen LogP contribution in [0, 0.1) is 0 Å². The fourth-order valence-corrected chi connectivity index (χ4v) is 3.92. The predicted octanol–water partition coefficient (Wildman–Crippen LogP) is 2.00. The molecule has 0 bridgehead atoms. The van der Waals surface area contributed by atoms with Crippen molar-refractivity contribution in [2.24, 2.45) is 0 Å². The first-order valence-corrected chi connectivity index (χ1v) is 11.2. The average Bonchev–Trinajstić information content (AvgIpc) is 3.15. The highest BCUT2D eigenvalue weighted by Gasteiger charge is 2.20. The number of anilines is 1. The number of nitrogens with zero attached hydrogens (tertiary/aromatic N) is 5. The summed E-state index contributed by atoms with van der Waals surface area (Å²) in [6.07, 6.45) is 6.42. The Hall–Kier alpha value is -2.36. The van der Waals surface area contributed by atoms with Crippen LogP contribution in [0.1, 0.15) is 39.5 Å². The summed E-state index contributed by atoms with van der Waals surface area (Å²) >= 11 is 1.64. The van der Waals surface area contributed by atoms with Crippen molar-refractivity contribution in [1.82, 2.24) is 25.1 Å². The number of hydrogen-bond acceptors (Lipinski definition) is 8. The van der Waals surface area contributed by atoms with Crippen molar-refractivity contribution in [3.63, 3.8) is 0 Å². The summed E-state index contributed by atoms with van der Waals surface area (Å²) < 4.78 is 6.45. The molecule has 0 saturated carbocycles. The van der Waals surface area contributed by atoms with Crippen LogP contribution in [0.5, 0.6) is 0 Å². The van der Waals surface area contributed by atoms with Gasteiger partial charge in [0.15, 0.2) is 10.8 Å². The molecule has 1 aliphatic rings. The number of esters is 1. The molecule has 1 fully saturated rings. The van der Waals surface area contributed by atoms with Crippen LogP contribution in [0.15, 0.2) is 11.4 Å². The SMILES string of the molecule is CCCSc1nc(N2CCCCC2)c2cnn(CCNC(=O)C(=O)OCC)c2n1. The minimum Gasteiger partial charge on any atom is -0.459 e. The fraction of sp³-hybridized carbons (Fsp3) is 0.632. The molecular formula is C19H28N6O3S. The predicted molar refractivity (Wildman–Crippen MR) is 112 cm³/mol. The van der Waals surface area contributed by atoms with E-state index in [1.165, 1.54) is 6.42 Å². The van der Waals surface area contributed by atoms with Crippen LogP contribution in [0.4, 0.5) is 5.82 Å². The second kappa shape index (κ2) is 10.4. The van der Waals surface area contributed by atoms with Crippen LogP contribution in [-0.4, -0.2) is 63.6 Å². The molecule has 9 nitrogen and oxygen atoms in total. The van der Waals surface area contributed by atoms with Crippen molar-refractivity contribution in [3.05, 3.63) is 6.20 Å². The summed E-state index contributed by atoms with van der Waals surface area (Å²) in [7, 11) is 0. The molecule has 0 spiro atoms. The van der Waals surface area contributed by atoms with Gasteiger partial charge in [-0.15, -0.1) is 0 Å². The Labute approximate surface area is 174 Å². The first kappa shape index (κ1) is 21.4. The summed E-state index contributed by atoms with van der Waals surface area (Å²) in [5.41, 5.74) is 0.754. The number of carbonyl (C=O) groups excluding carboxylic acids is 2. The van der Waals surface area contributed by atoms with E-state index in [1.807, 2.05) is 0 Å². The van der Waals surface area contributed by atoms with E-state index in [-0.39, 0.29) is 13.2 Å². The topological polar surface area (TPSA) is 102 Å². The third-order valence-corrected chi connectivity index (χ3v) is 5.67. The van der Waals surface area contributed by atoms with E-state index in [2.05, 4.69) is 22.2 Å². The maximum absolute atomic E-state index is 11.7. The molecule has 0 aliphatic carbocycles. The minimum atomic E-state index is -0.870. The van der Waals surface area contributed by atoms with Gasteiger partial charge < -0.3 is 15.0 Å². The van der Waals surface area contributed by atoms with Gasteiger partial charge in [0, 0.05) is 25.4 Å². The average molecular weight is 421 g/mol. The summed E-state index contributed by atoms with van der Waals surface area (Å²) in [5, 5.41) is 8.69. The molecule has 3 heterocycles. The summed E-state index contributed by atoms with van der Waals surface area (Å²) in [6, 6.07) is 0. The van der Waals surface area contributed by atoms with Crippen molar-refractivity contribution >= 4 is 40.5 Å². The zero-order valence-corrected chi connectivity index (χ0v) is 17.8. The maximum atomic E-state index is 11.7. The molecule has 1 N–H and O–H groups in total. The van der Waals surface area contributed by atoms with Crippen LogP contribution in [0.25, 0.3) is 11.0 Å². The van der Waals surface area contributed by atoms with Crippen LogP contribution in [-0.2, 0) is 20.9 Å². The smallest absolute Gasteiger partial charge is 0.396 e. The Morgan fingerprint density at radius 1 is 1.21 bits per heavy atom. The third kappa shape index (κ3) is 5.37. The Morgan fingerprint density at radius 2 is 2.00 bits per heavy atom. The first-order chi connectivity index (χ1) is 14.1. The molecule has 1 saturated heterocycles. The molecule has 0 radical (unpaired) electrons. The van der Waals surface area contributed by atoms with Gasteiger partial charge in [-0.2, -0.15) is 5.10 Å². The van der Waals surface area contributed by atoms with Gasteiger partial charge >= 0.3 is 11.9 Å². The van der Waals surface area contributed by atoms with Gasteiger partial charge in [-0.25, -0.2) is 19.4 Å². The molecule has 1 aliphatic heterocycles. The largest absolute Gasteiger partial charge is 0.459 e. The number of aromatic nitrogens is 4. The van der Waals surface area contributed by atoms with Gasteiger partial charge in [-0.1, -0.05) is 18.7 Å². The maximum Gasteiger partial charge on any atom is 0.396 e. The van der Waals surface area contributed by atoms with Gasteiger partial charge in [-0.05, 0) is 32.6 Å².